The summed E-state index contributed by atoms with van der Waals surface area (Å²) in [4.78, 5) is 27.5. The van der Waals surface area contributed by atoms with Crippen molar-refractivity contribution >= 4 is 11.8 Å². The maximum atomic E-state index is 12.2. The first-order valence-electron chi connectivity index (χ1n) is 7.55. The fraction of sp³-hybridized carbons (Fsp3) is 0.867. The molecule has 0 saturated carbocycles. The Balaban J connectivity index is 2.55. The van der Waals surface area contributed by atoms with Gasteiger partial charge >= 0.3 is 0 Å². The van der Waals surface area contributed by atoms with Gasteiger partial charge in [0, 0.05) is 32.6 Å². The number of hydrogen-bond acceptors (Lipinski definition) is 3. The molecule has 0 aromatic rings. The lowest BCUT2D eigenvalue weighted by molar-refractivity contribution is -0.132. The molecule has 5 nitrogen and oxygen atoms in total. The number of nitrogens with two attached hydrogens (primary N) is 1. The summed E-state index contributed by atoms with van der Waals surface area (Å²) in [5.74, 6) is 0.667. The van der Waals surface area contributed by atoms with Gasteiger partial charge in [-0.2, -0.15) is 0 Å². The Labute approximate surface area is 122 Å². The molecule has 1 saturated heterocycles. The molecule has 0 bridgehead atoms. The molecule has 0 aromatic heterocycles. The summed E-state index contributed by atoms with van der Waals surface area (Å²) in [7, 11) is 0. The third-order valence-corrected chi connectivity index (χ3v) is 4.08. The minimum absolute atomic E-state index is 0.0430. The van der Waals surface area contributed by atoms with Crippen LogP contribution in [0.15, 0.2) is 0 Å². The van der Waals surface area contributed by atoms with Crippen LogP contribution in [0.2, 0.25) is 0 Å². The lowest BCUT2D eigenvalue weighted by atomic mass is 10.0. The molecule has 1 fully saturated rings. The van der Waals surface area contributed by atoms with Gasteiger partial charge in [-0.1, -0.05) is 13.8 Å². The number of carbonyl (C=O) groups is 2. The SMILES string of the molecule is CC(=O)N(CC1CCN(C(=O)[C@@H](N)C(C)C)C1)C(C)C. The molecular formula is C15H29N3O2. The summed E-state index contributed by atoms with van der Waals surface area (Å²) in [6.07, 6.45) is 0.951. The number of hydrogen-bond donors (Lipinski definition) is 1. The molecule has 1 aliphatic rings. The molecule has 20 heavy (non-hydrogen) atoms. The van der Waals surface area contributed by atoms with Crippen LogP contribution in [0.3, 0.4) is 0 Å². The summed E-state index contributed by atoms with van der Waals surface area (Å²) in [5.41, 5.74) is 5.93. The van der Waals surface area contributed by atoms with E-state index in [9.17, 15) is 9.59 Å². The Morgan fingerprint density at radius 1 is 1.30 bits per heavy atom. The second kappa shape index (κ2) is 7.07. The molecular weight excluding hydrogens is 254 g/mol. The Kier molecular flexibility index (Phi) is 5.99. The topological polar surface area (TPSA) is 66.6 Å². The number of likely N-dealkylation sites (tertiary alicyclic amines) is 1. The normalized spacial score (nSPS) is 20.6. The van der Waals surface area contributed by atoms with E-state index >= 15 is 0 Å². The van der Waals surface area contributed by atoms with Crippen molar-refractivity contribution in [3.8, 4) is 0 Å². The summed E-state index contributed by atoms with van der Waals surface area (Å²) in [6, 6.07) is -0.210. The van der Waals surface area contributed by atoms with Gasteiger partial charge in [0.25, 0.3) is 0 Å². The molecule has 116 valence electrons. The zero-order chi connectivity index (χ0) is 15.4. The molecule has 0 radical (unpaired) electrons. The highest BCUT2D eigenvalue weighted by Crippen LogP contribution is 2.20. The maximum Gasteiger partial charge on any atom is 0.239 e. The molecule has 2 atom stereocenters. The number of rotatable bonds is 5. The van der Waals surface area contributed by atoms with Crippen LogP contribution in [0.5, 0.6) is 0 Å². The fourth-order valence-corrected chi connectivity index (χ4v) is 2.66. The molecule has 1 aliphatic heterocycles. The van der Waals surface area contributed by atoms with Crippen LogP contribution < -0.4 is 5.73 Å². The highest BCUT2D eigenvalue weighted by Gasteiger charge is 2.32. The molecule has 0 spiro atoms. The third kappa shape index (κ3) is 4.20. The van der Waals surface area contributed by atoms with Gasteiger partial charge in [-0.3, -0.25) is 9.59 Å². The minimum atomic E-state index is -0.414. The van der Waals surface area contributed by atoms with E-state index in [4.69, 9.17) is 5.73 Å². The van der Waals surface area contributed by atoms with Gasteiger partial charge in [-0.25, -0.2) is 0 Å². The number of nitrogens with zero attached hydrogens (tertiary/aromatic N) is 2. The molecule has 0 aromatic carbocycles. The van der Waals surface area contributed by atoms with Crippen molar-refractivity contribution in [3.05, 3.63) is 0 Å². The Morgan fingerprint density at radius 3 is 2.35 bits per heavy atom. The maximum absolute atomic E-state index is 12.2. The molecule has 5 heteroatoms. The largest absolute Gasteiger partial charge is 0.341 e. The van der Waals surface area contributed by atoms with Gasteiger partial charge in [-0.05, 0) is 32.1 Å². The average Bonchev–Trinajstić information content (AvgIpc) is 2.81. The first-order chi connectivity index (χ1) is 9.23. The lowest BCUT2D eigenvalue weighted by Gasteiger charge is -2.28. The van der Waals surface area contributed by atoms with E-state index in [0.29, 0.717) is 5.92 Å². The van der Waals surface area contributed by atoms with Crippen molar-refractivity contribution in [2.75, 3.05) is 19.6 Å². The standard InChI is InChI=1S/C15H29N3O2/c1-10(2)14(16)15(20)17-7-6-13(8-17)9-18(11(3)4)12(5)19/h10-11,13-14H,6-9,16H2,1-5H3/t13?,14-/m0/s1. The van der Waals surface area contributed by atoms with Gasteiger partial charge in [-0.15, -0.1) is 0 Å². The minimum Gasteiger partial charge on any atom is -0.341 e. The van der Waals surface area contributed by atoms with E-state index in [1.54, 1.807) is 6.92 Å². The van der Waals surface area contributed by atoms with Crippen molar-refractivity contribution in [2.45, 2.75) is 53.1 Å². The predicted molar refractivity (Wildman–Crippen MR) is 80.0 cm³/mol. The van der Waals surface area contributed by atoms with Crippen molar-refractivity contribution in [1.82, 2.24) is 9.80 Å². The van der Waals surface area contributed by atoms with Crippen molar-refractivity contribution in [3.63, 3.8) is 0 Å². The molecule has 2 amide bonds. The smallest absolute Gasteiger partial charge is 0.239 e. The van der Waals surface area contributed by atoms with E-state index in [0.717, 1.165) is 26.1 Å². The summed E-state index contributed by atoms with van der Waals surface area (Å²) in [6.45, 7) is 11.8. The summed E-state index contributed by atoms with van der Waals surface area (Å²) >= 11 is 0. The first-order valence-corrected chi connectivity index (χ1v) is 7.55. The van der Waals surface area contributed by atoms with Crippen molar-refractivity contribution in [1.29, 1.82) is 0 Å². The highest BCUT2D eigenvalue weighted by atomic mass is 16.2. The van der Waals surface area contributed by atoms with Gasteiger partial charge in [0.15, 0.2) is 0 Å². The molecule has 0 aliphatic carbocycles. The van der Waals surface area contributed by atoms with Gasteiger partial charge in [0.1, 0.15) is 0 Å². The van der Waals surface area contributed by atoms with Crippen LogP contribution in [0.1, 0.15) is 41.0 Å². The first kappa shape index (κ1) is 17.0. The Hall–Kier alpha value is -1.10. The average molecular weight is 283 g/mol. The van der Waals surface area contributed by atoms with Crippen molar-refractivity contribution in [2.24, 2.45) is 17.6 Å². The third-order valence-electron chi connectivity index (χ3n) is 4.08. The van der Waals surface area contributed by atoms with Gasteiger partial charge in [0.05, 0.1) is 6.04 Å². The number of carbonyl (C=O) groups excluding carboxylic acids is 2. The van der Waals surface area contributed by atoms with Gasteiger partial charge < -0.3 is 15.5 Å². The van der Waals surface area contributed by atoms with Crippen LogP contribution in [-0.4, -0.2) is 53.3 Å². The Morgan fingerprint density at radius 2 is 1.90 bits per heavy atom. The van der Waals surface area contributed by atoms with Crippen LogP contribution in [0.25, 0.3) is 0 Å². The molecule has 1 heterocycles. The van der Waals surface area contributed by atoms with Crippen molar-refractivity contribution < 1.29 is 9.59 Å². The van der Waals surface area contributed by atoms with Crippen LogP contribution in [0, 0.1) is 11.8 Å². The van der Waals surface area contributed by atoms with E-state index < -0.39 is 6.04 Å². The van der Waals surface area contributed by atoms with E-state index in [1.807, 2.05) is 37.5 Å². The zero-order valence-corrected chi connectivity index (χ0v) is 13.4. The highest BCUT2D eigenvalue weighted by molar-refractivity contribution is 5.82. The molecule has 1 rings (SSSR count). The van der Waals surface area contributed by atoms with E-state index in [2.05, 4.69) is 0 Å². The van der Waals surface area contributed by atoms with Crippen LogP contribution >= 0.6 is 0 Å². The quantitative estimate of drug-likeness (QED) is 0.821. The zero-order valence-electron chi connectivity index (χ0n) is 13.4. The van der Waals surface area contributed by atoms with Gasteiger partial charge in [0.2, 0.25) is 11.8 Å². The lowest BCUT2D eigenvalue weighted by Crippen LogP contribution is -2.46. The second-order valence-electron chi connectivity index (χ2n) is 6.47. The fourth-order valence-electron chi connectivity index (χ4n) is 2.66. The summed E-state index contributed by atoms with van der Waals surface area (Å²) in [5, 5.41) is 0. The predicted octanol–water partition coefficient (Wildman–Crippen LogP) is 1.08. The second-order valence-corrected chi connectivity index (χ2v) is 6.47. The number of amides is 2. The molecule has 1 unspecified atom stereocenters. The summed E-state index contributed by atoms with van der Waals surface area (Å²) < 4.78 is 0. The monoisotopic (exact) mass is 283 g/mol. The van der Waals surface area contributed by atoms with Crippen LogP contribution in [0.4, 0.5) is 0 Å². The Bertz CT molecular complexity index is 355. The van der Waals surface area contributed by atoms with Crippen LogP contribution in [-0.2, 0) is 9.59 Å². The molecule has 2 N–H and O–H groups in total. The van der Waals surface area contributed by atoms with E-state index in [1.165, 1.54) is 0 Å². The van der Waals surface area contributed by atoms with E-state index in [-0.39, 0.29) is 23.8 Å².